The van der Waals surface area contributed by atoms with Gasteiger partial charge >= 0.3 is 17.9 Å². The summed E-state index contributed by atoms with van der Waals surface area (Å²) in [5.74, 6) is -0.944. The van der Waals surface area contributed by atoms with Crippen molar-refractivity contribution in [1.82, 2.24) is 0 Å². The number of unbranched alkanes of at least 4 members (excludes halogenated alkanes) is 25. The van der Waals surface area contributed by atoms with Crippen LogP contribution >= 0.6 is 0 Å². The average Bonchev–Trinajstić information content (AvgIpc) is 3.29. The van der Waals surface area contributed by atoms with Crippen molar-refractivity contribution in [3.63, 3.8) is 0 Å². The number of hydrogen-bond donors (Lipinski definition) is 0. The molecule has 1 atom stereocenters. The van der Waals surface area contributed by atoms with Crippen molar-refractivity contribution in [3.05, 3.63) is 72.9 Å². The molecule has 0 saturated carbocycles. The zero-order valence-electron chi connectivity index (χ0n) is 42.0. The first kappa shape index (κ1) is 60.9. The van der Waals surface area contributed by atoms with E-state index in [2.05, 4.69) is 93.7 Å². The van der Waals surface area contributed by atoms with Crippen LogP contribution in [0.25, 0.3) is 0 Å². The summed E-state index contributed by atoms with van der Waals surface area (Å²) < 4.78 is 16.8. The van der Waals surface area contributed by atoms with Crippen LogP contribution in [0.4, 0.5) is 0 Å². The van der Waals surface area contributed by atoms with Gasteiger partial charge < -0.3 is 14.2 Å². The lowest BCUT2D eigenvalue weighted by molar-refractivity contribution is -0.167. The molecule has 0 aliphatic rings. The lowest BCUT2D eigenvalue weighted by Gasteiger charge is -2.18. The predicted octanol–water partition coefficient (Wildman–Crippen LogP) is 17.8. The topological polar surface area (TPSA) is 78.9 Å². The molecule has 0 fully saturated rings. The first-order valence-corrected chi connectivity index (χ1v) is 26.9. The smallest absolute Gasteiger partial charge is 0.306 e. The van der Waals surface area contributed by atoms with E-state index in [4.69, 9.17) is 14.2 Å². The fraction of sp³-hybridized carbons (Fsp3) is 0.741. The van der Waals surface area contributed by atoms with Crippen LogP contribution in [-0.2, 0) is 28.6 Å². The Morgan fingerprint density at radius 2 is 0.609 bits per heavy atom. The Balaban J connectivity index is 4.45. The molecule has 0 rings (SSSR count). The average molecular weight is 893 g/mol. The van der Waals surface area contributed by atoms with Crippen molar-refractivity contribution in [2.75, 3.05) is 13.2 Å². The summed E-state index contributed by atoms with van der Waals surface area (Å²) in [4.78, 5) is 38.0. The lowest BCUT2D eigenvalue weighted by atomic mass is 10.0. The van der Waals surface area contributed by atoms with Gasteiger partial charge in [0.05, 0.1) is 0 Å². The molecular weight excluding hydrogens is 793 g/mol. The minimum Gasteiger partial charge on any atom is -0.462 e. The van der Waals surface area contributed by atoms with Gasteiger partial charge in [0.15, 0.2) is 6.10 Å². The number of allylic oxidation sites excluding steroid dienone is 12. The van der Waals surface area contributed by atoms with Gasteiger partial charge in [-0.15, -0.1) is 0 Å². The van der Waals surface area contributed by atoms with Crippen LogP contribution in [-0.4, -0.2) is 37.2 Å². The molecule has 0 bridgehead atoms. The molecule has 0 aromatic rings. The Morgan fingerprint density at radius 3 is 1.02 bits per heavy atom. The molecule has 64 heavy (non-hydrogen) atoms. The monoisotopic (exact) mass is 893 g/mol. The second-order valence-electron chi connectivity index (χ2n) is 17.8. The molecule has 0 aliphatic heterocycles. The highest BCUT2D eigenvalue weighted by Crippen LogP contribution is 2.15. The van der Waals surface area contributed by atoms with Gasteiger partial charge in [0.1, 0.15) is 13.2 Å². The van der Waals surface area contributed by atoms with Gasteiger partial charge in [-0.05, 0) is 89.9 Å². The summed E-state index contributed by atoms with van der Waals surface area (Å²) in [6, 6.07) is 0. The summed E-state index contributed by atoms with van der Waals surface area (Å²) in [5.41, 5.74) is 0. The fourth-order valence-electron chi connectivity index (χ4n) is 7.40. The molecule has 6 heteroatoms. The number of ether oxygens (including phenoxy) is 3. The lowest BCUT2D eigenvalue weighted by Crippen LogP contribution is -2.30. The maximum atomic E-state index is 12.8. The van der Waals surface area contributed by atoms with Crippen molar-refractivity contribution in [1.29, 1.82) is 0 Å². The molecule has 0 heterocycles. The van der Waals surface area contributed by atoms with Gasteiger partial charge in [0.2, 0.25) is 0 Å². The van der Waals surface area contributed by atoms with E-state index in [0.717, 1.165) is 109 Å². The first-order valence-electron chi connectivity index (χ1n) is 26.9. The van der Waals surface area contributed by atoms with E-state index in [9.17, 15) is 14.4 Å². The van der Waals surface area contributed by atoms with Gasteiger partial charge in [-0.1, -0.05) is 222 Å². The molecular formula is C58H100O6. The van der Waals surface area contributed by atoms with E-state index in [1.54, 1.807) is 0 Å². The van der Waals surface area contributed by atoms with Crippen molar-refractivity contribution >= 4 is 17.9 Å². The predicted molar refractivity (Wildman–Crippen MR) is 274 cm³/mol. The van der Waals surface area contributed by atoms with Crippen molar-refractivity contribution in [2.45, 2.75) is 264 Å². The molecule has 6 nitrogen and oxygen atoms in total. The van der Waals surface area contributed by atoms with Gasteiger partial charge in [0.25, 0.3) is 0 Å². The van der Waals surface area contributed by atoms with Crippen molar-refractivity contribution in [3.8, 4) is 0 Å². The van der Waals surface area contributed by atoms with Crippen LogP contribution in [0.5, 0.6) is 0 Å². The SMILES string of the molecule is CC/C=C\C/C=C\C/C=C\CCCCCCCC(=O)O[C@H](COC(=O)CCCC/C=C\C/C=C\C/C=C\CCCCC)COC(=O)CCCCCCCCCCCCCCCCCC. The quantitative estimate of drug-likeness (QED) is 0.0262. The first-order chi connectivity index (χ1) is 31.5. The van der Waals surface area contributed by atoms with E-state index < -0.39 is 6.10 Å². The summed E-state index contributed by atoms with van der Waals surface area (Å²) >= 11 is 0. The van der Waals surface area contributed by atoms with E-state index in [1.165, 1.54) is 109 Å². The van der Waals surface area contributed by atoms with E-state index >= 15 is 0 Å². The third kappa shape index (κ3) is 49.9. The van der Waals surface area contributed by atoms with E-state index in [-0.39, 0.29) is 31.1 Å². The largest absolute Gasteiger partial charge is 0.462 e. The van der Waals surface area contributed by atoms with Crippen LogP contribution in [0.1, 0.15) is 258 Å². The maximum Gasteiger partial charge on any atom is 0.306 e. The zero-order chi connectivity index (χ0) is 46.5. The van der Waals surface area contributed by atoms with Crippen molar-refractivity contribution in [2.24, 2.45) is 0 Å². The molecule has 0 unspecified atom stereocenters. The summed E-state index contributed by atoms with van der Waals surface area (Å²) in [6.45, 7) is 6.46. The molecule has 0 radical (unpaired) electrons. The van der Waals surface area contributed by atoms with Crippen LogP contribution in [0.3, 0.4) is 0 Å². The number of carbonyl (C=O) groups excluding carboxylic acids is 3. The van der Waals surface area contributed by atoms with Gasteiger partial charge in [-0.25, -0.2) is 0 Å². The number of rotatable bonds is 48. The molecule has 0 N–H and O–H groups in total. The van der Waals surface area contributed by atoms with Crippen LogP contribution in [0, 0.1) is 0 Å². The van der Waals surface area contributed by atoms with Crippen LogP contribution in [0.15, 0.2) is 72.9 Å². The Hall–Kier alpha value is -3.15. The van der Waals surface area contributed by atoms with Crippen LogP contribution in [0.2, 0.25) is 0 Å². The van der Waals surface area contributed by atoms with Gasteiger partial charge in [0, 0.05) is 19.3 Å². The molecule has 0 aliphatic carbocycles. The minimum atomic E-state index is -0.798. The third-order valence-electron chi connectivity index (χ3n) is 11.4. The molecule has 0 spiro atoms. The molecule has 0 amide bonds. The minimum absolute atomic E-state index is 0.0928. The molecule has 368 valence electrons. The summed E-state index contributed by atoms with van der Waals surface area (Å²) in [7, 11) is 0. The Kier molecular flexibility index (Phi) is 49.9. The second kappa shape index (κ2) is 52.5. The number of hydrogen-bond acceptors (Lipinski definition) is 6. The molecule has 0 saturated heterocycles. The van der Waals surface area contributed by atoms with E-state index in [1.807, 2.05) is 0 Å². The van der Waals surface area contributed by atoms with E-state index in [0.29, 0.717) is 19.3 Å². The fourth-order valence-corrected chi connectivity index (χ4v) is 7.40. The van der Waals surface area contributed by atoms with Crippen LogP contribution < -0.4 is 0 Å². The number of esters is 3. The summed E-state index contributed by atoms with van der Waals surface area (Å²) in [6.07, 6.45) is 66.0. The third-order valence-corrected chi connectivity index (χ3v) is 11.4. The molecule has 0 aromatic carbocycles. The Morgan fingerprint density at radius 1 is 0.328 bits per heavy atom. The Labute approximate surface area is 395 Å². The van der Waals surface area contributed by atoms with Gasteiger partial charge in [-0.3, -0.25) is 14.4 Å². The standard InChI is InChI=1S/C58H100O6/c1-4-7-10-13-16-19-22-25-28-31-33-36-39-42-45-48-51-57(60)63-54-55(64-58(61)52-49-46-43-40-37-34-30-27-24-21-18-15-12-9-6-3)53-62-56(59)50-47-44-41-38-35-32-29-26-23-20-17-14-11-8-5-2/h9,12,17-18,20-21,26-27,29-30,35,38,55H,4-8,10-11,13-16,19,22-25,28,31-34,36-37,39-54H2,1-3H3/b12-9-,20-17-,21-18-,29-26-,30-27-,38-35-/t55-/m1/s1. The molecule has 0 aromatic heterocycles. The highest BCUT2D eigenvalue weighted by molar-refractivity contribution is 5.71. The highest BCUT2D eigenvalue weighted by Gasteiger charge is 2.19. The van der Waals surface area contributed by atoms with Crippen molar-refractivity contribution < 1.29 is 28.6 Å². The summed E-state index contributed by atoms with van der Waals surface area (Å²) in [5, 5.41) is 0. The maximum absolute atomic E-state index is 12.8. The van der Waals surface area contributed by atoms with Gasteiger partial charge in [-0.2, -0.15) is 0 Å². The Bertz CT molecular complexity index is 1210. The second-order valence-corrected chi connectivity index (χ2v) is 17.8. The highest BCUT2D eigenvalue weighted by atomic mass is 16.6. The number of carbonyl (C=O) groups is 3. The normalized spacial score (nSPS) is 12.6. The zero-order valence-corrected chi connectivity index (χ0v) is 42.0.